The summed E-state index contributed by atoms with van der Waals surface area (Å²) in [6.07, 6.45) is 1.27. The largest absolute Gasteiger partial charge is 0.385 e. The molecule has 1 amide bonds. The number of methoxy groups -OCH3 is 1. The van der Waals surface area contributed by atoms with Gasteiger partial charge in [-0.3, -0.25) is 14.6 Å². The van der Waals surface area contributed by atoms with Crippen LogP contribution in [0.1, 0.15) is 19.8 Å². The van der Waals surface area contributed by atoms with E-state index in [4.69, 9.17) is 4.74 Å². The zero-order valence-corrected chi connectivity index (χ0v) is 12.2. The van der Waals surface area contributed by atoms with Gasteiger partial charge in [-0.25, -0.2) is 9.89 Å². The molecule has 0 bridgehead atoms. The summed E-state index contributed by atoms with van der Waals surface area (Å²) in [5.41, 5.74) is -1.26. The van der Waals surface area contributed by atoms with Crippen molar-refractivity contribution in [2.45, 2.75) is 30.0 Å². The van der Waals surface area contributed by atoms with Crippen LogP contribution in [0.25, 0.3) is 0 Å². The fourth-order valence-corrected chi connectivity index (χ4v) is 2.30. The number of aromatic amines is 2. The first-order valence-electron chi connectivity index (χ1n) is 6.20. The highest BCUT2D eigenvalue weighted by atomic mass is 32.2. The SMILES string of the molecule is CCC(Sc1n[nH]c(=O)[nH]c1=O)C(=O)NCCCOC. The van der Waals surface area contributed by atoms with Crippen LogP contribution in [0.15, 0.2) is 14.6 Å². The Morgan fingerprint density at radius 2 is 2.25 bits per heavy atom. The van der Waals surface area contributed by atoms with Crippen molar-refractivity contribution in [2.75, 3.05) is 20.3 Å². The highest BCUT2D eigenvalue weighted by molar-refractivity contribution is 8.00. The number of nitrogens with one attached hydrogen (secondary N) is 3. The standard InChI is InChI=1S/C11H18N4O4S/c1-3-7(8(16)12-5-4-6-19-2)20-10-9(17)13-11(18)15-14-10/h7H,3-6H2,1-2H3,(H,12,16)(H2,13,15,17,18). The average Bonchev–Trinajstić information content (AvgIpc) is 2.42. The smallest absolute Gasteiger partial charge is 0.342 e. The van der Waals surface area contributed by atoms with Gasteiger partial charge in [0.15, 0.2) is 5.03 Å². The summed E-state index contributed by atoms with van der Waals surface area (Å²) < 4.78 is 4.89. The van der Waals surface area contributed by atoms with Gasteiger partial charge in [-0.05, 0) is 12.8 Å². The molecule has 0 aromatic carbocycles. The second-order valence-corrected chi connectivity index (χ2v) is 5.16. The van der Waals surface area contributed by atoms with Crippen molar-refractivity contribution in [1.82, 2.24) is 20.5 Å². The van der Waals surface area contributed by atoms with Crippen molar-refractivity contribution in [1.29, 1.82) is 0 Å². The maximum atomic E-state index is 11.9. The van der Waals surface area contributed by atoms with Gasteiger partial charge in [0, 0.05) is 20.3 Å². The Balaban J connectivity index is 2.59. The predicted octanol–water partition coefficient (Wildman–Crippen LogP) is -0.518. The number of aromatic nitrogens is 3. The van der Waals surface area contributed by atoms with Crippen molar-refractivity contribution in [3.8, 4) is 0 Å². The van der Waals surface area contributed by atoms with Gasteiger partial charge in [-0.1, -0.05) is 18.7 Å². The Labute approximate surface area is 119 Å². The minimum atomic E-state index is -0.670. The van der Waals surface area contributed by atoms with Crippen molar-refractivity contribution in [3.63, 3.8) is 0 Å². The Kier molecular flexibility index (Phi) is 7.02. The number of hydrogen-bond donors (Lipinski definition) is 3. The summed E-state index contributed by atoms with van der Waals surface area (Å²) in [7, 11) is 1.60. The number of ether oxygens (including phenoxy) is 1. The normalized spacial score (nSPS) is 12.1. The van der Waals surface area contributed by atoms with Crippen LogP contribution in [-0.2, 0) is 9.53 Å². The average molecular weight is 302 g/mol. The molecule has 1 unspecified atom stereocenters. The molecular formula is C11H18N4O4S. The second-order valence-electron chi connectivity index (χ2n) is 3.96. The number of thioether (sulfide) groups is 1. The summed E-state index contributed by atoms with van der Waals surface area (Å²) in [6.45, 7) is 2.93. The van der Waals surface area contributed by atoms with E-state index in [0.717, 1.165) is 18.2 Å². The minimum Gasteiger partial charge on any atom is -0.385 e. The molecule has 1 aromatic heterocycles. The molecule has 1 rings (SSSR count). The Hall–Kier alpha value is -1.61. The van der Waals surface area contributed by atoms with Crippen LogP contribution in [-0.4, -0.2) is 46.6 Å². The summed E-state index contributed by atoms with van der Waals surface area (Å²) in [5, 5.41) is 8.19. The molecule has 20 heavy (non-hydrogen) atoms. The molecule has 0 saturated carbocycles. The van der Waals surface area contributed by atoms with E-state index in [1.807, 2.05) is 6.92 Å². The zero-order chi connectivity index (χ0) is 15.0. The molecule has 9 heteroatoms. The lowest BCUT2D eigenvalue weighted by molar-refractivity contribution is -0.120. The van der Waals surface area contributed by atoms with E-state index in [1.165, 1.54) is 0 Å². The highest BCUT2D eigenvalue weighted by Gasteiger charge is 2.20. The first kappa shape index (κ1) is 16.4. The minimum absolute atomic E-state index is 0.0727. The van der Waals surface area contributed by atoms with Gasteiger partial charge in [-0.15, -0.1) is 0 Å². The number of rotatable bonds is 8. The molecular weight excluding hydrogens is 284 g/mol. The summed E-state index contributed by atoms with van der Waals surface area (Å²) in [6, 6.07) is 0. The molecule has 0 spiro atoms. The van der Waals surface area contributed by atoms with Gasteiger partial charge >= 0.3 is 5.69 Å². The van der Waals surface area contributed by atoms with E-state index in [9.17, 15) is 14.4 Å². The Bertz CT molecular complexity index is 542. The number of H-pyrrole nitrogens is 2. The maximum absolute atomic E-state index is 11.9. The lowest BCUT2D eigenvalue weighted by Gasteiger charge is -2.13. The zero-order valence-electron chi connectivity index (χ0n) is 11.4. The number of amides is 1. The number of carbonyl (C=O) groups is 1. The maximum Gasteiger partial charge on any atom is 0.342 e. The van der Waals surface area contributed by atoms with Crippen LogP contribution in [0, 0.1) is 0 Å². The second kappa shape index (κ2) is 8.54. The third-order valence-electron chi connectivity index (χ3n) is 2.42. The van der Waals surface area contributed by atoms with Crippen LogP contribution in [0.2, 0.25) is 0 Å². The summed E-state index contributed by atoms with van der Waals surface area (Å²) in [4.78, 5) is 36.4. The summed E-state index contributed by atoms with van der Waals surface area (Å²) >= 11 is 1.03. The molecule has 112 valence electrons. The molecule has 3 N–H and O–H groups in total. The molecule has 1 aromatic rings. The summed E-state index contributed by atoms with van der Waals surface area (Å²) in [5.74, 6) is -0.166. The van der Waals surface area contributed by atoms with E-state index in [0.29, 0.717) is 19.6 Å². The molecule has 8 nitrogen and oxygen atoms in total. The topological polar surface area (TPSA) is 117 Å². The lowest BCUT2D eigenvalue weighted by Crippen LogP contribution is -2.34. The van der Waals surface area contributed by atoms with E-state index in [-0.39, 0.29) is 10.9 Å². The van der Waals surface area contributed by atoms with Crippen LogP contribution in [0.3, 0.4) is 0 Å². The van der Waals surface area contributed by atoms with Crippen molar-refractivity contribution < 1.29 is 9.53 Å². The number of hydrogen-bond acceptors (Lipinski definition) is 6. The monoisotopic (exact) mass is 302 g/mol. The number of nitrogens with zero attached hydrogens (tertiary/aromatic N) is 1. The molecule has 0 saturated heterocycles. The fraction of sp³-hybridized carbons (Fsp3) is 0.636. The van der Waals surface area contributed by atoms with E-state index in [1.54, 1.807) is 7.11 Å². The van der Waals surface area contributed by atoms with Gasteiger partial charge in [0.25, 0.3) is 5.56 Å². The van der Waals surface area contributed by atoms with Gasteiger partial charge in [0.2, 0.25) is 5.91 Å². The molecule has 0 fully saturated rings. The van der Waals surface area contributed by atoms with Crippen molar-refractivity contribution in [3.05, 3.63) is 20.8 Å². The third kappa shape index (κ3) is 5.17. The van der Waals surface area contributed by atoms with E-state index in [2.05, 4.69) is 20.5 Å². The van der Waals surface area contributed by atoms with Gasteiger partial charge < -0.3 is 10.1 Å². The van der Waals surface area contributed by atoms with Gasteiger partial charge in [0.1, 0.15) is 0 Å². The molecule has 0 aliphatic rings. The Morgan fingerprint density at radius 3 is 2.85 bits per heavy atom. The quantitative estimate of drug-likeness (QED) is 0.439. The molecule has 1 atom stereocenters. The molecule has 1 heterocycles. The third-order valence-corrected chi connectivity index (χ3v) is 3.75. The predicted molar refractivity (Wildman–Crippen MR) is 74.9 cm³/mol. The Morgan fingerprint density at radius 1 is 1.50 bits per heavy atom. The number of carbonyl (C=O) groups excluding carboxylic acids is 1. The highest BCUT2D eigenvalue weighted by Crippen LogP contribution is 2.19. The van der Waals surface area contributed by atoms with Crippen LogP contribution >= 0.6 is 11.8 Å². The van der Waals surface area contributed by atoms with E-state index >= 15 is 0 Å². The first-order chi connectivity index (χ1) is 9.58. The molecule has 0 radical (unpaired) electrons. The molecule has 0 aliphatic carbocycles. The van der Waals surface area contributed by atoms with Gasteiger partial charge in [-0.2, -0.15) is 5.10 Å². The van der Waals surface area contributed by atoms with Crippen LogP contribution in [0.4, 0.5) is 0 Å². The first-order valence-corrected chi connectivity index (χ1v) is 7.08. The van der Waals surface area contributed by atoms with E-state index < -0.39 is 16.5 Å². The lowest BCUT2D eigenvalue weighted by atomic mass is 10.3. The van der Waals surface area contributed by atoms with Gasteiger partial charge in [0.05, 0.1) is 5.25 Å². The van der Waals surface area contributed by atoms with Crippen molar-refractivity contribution >= 4 is 17.7 Å². The van der Waals surface area contributed by atoms with Crippen LogP contribution < -0.4 is 16.6 Å². The van der Waals surface area contributed by atoms with Crippen LogP contribution in [0.5, 0.6) is 0 Å². The fourth-order valence-electron chi connectivity index (χ4n) is 1.42. The molecule has 0 aliphatic heterocycles. The van der Waals surface area contributed by atoms with Crippen molar-refractivity contribution in [2.24, 2.45) is 0 Å².